The van der Waals surface area contributed by atoms with Gasteiger partial charge in [0.1, 0.15) is 11.3 Å². The highest BCUT2D eigenvalue weighted by Crippen LogP contribution is 2.24. The molecule has 1 heterocycles. The Balaban J connectivity index is 2.64. The molecule has 1 unspecified atom stereocenters. The second kappa shape index (κ2) is 5.63. The summed E-state index contributed by atoms with van der Waals surface area (Å²) in [5.74, 6) is 0.00576. The molecule has 108 valence electrons. The molecule has 2 rings (SSSR count). The first-order valence-electron chi connectivity index (χ1n) is 6.83. The lowest BCUT2D eigenvalue weighted by Crippen LogP contribution is -2.23. The van der Waals surface area contributed by atoms with E-state index in [1.165, 1.54) is 0 Å². The van der Waals surface area contributed by atoms with Crippen molar-refractivity contribution in [2.45, 2.75) is 26.3 Å². The standard InChI is InChI=1S/C15H21N3O2/c1-5-13-16-14-11(15(19)20)7-6-8-12(14)18(13)10(2)9-17(3)4/h6-8,10H,5,9H2,1-4H3,(H,19,20). The Hall–Kier alpha value is -1.88. The topological polar surface area (TPSA) is 58.4 Å². The maximum Gasteiger partial charge on any atom is 0.337 e. The molecule has 5 heteroatoms. The third kappa shape index (κ3) is 2.54. The molecule has 0 radical (unpaired) electrons. The van der Waals surface area contributed by atoms with Crippen molar-refractivity contribution in [3.63, 3.8) is 0 Å². The van der Waals surface area contributed by atoms with Crippen LogP contribution in [0.5, 0.6) is 0 Å². The van der Waals surface area contributed by atoms with Gasteiger partial charge < -0.3 is 14.6 Å². The van der Waals surface area contributed by atoms with Gasteiger partial charge in [-0.2, -0.15) is 0 Å². The van der Waals surface area contributed by atoms with Crippen LogP contribution in [0.4, 0.5) is 0 Å². The van der Waals surface area contributed by atoms with Crippen LogP contribution >= 0.6 is 0 Å². The lowest BCUT2D eigenvalue weighted by atomic mass is 10.2. The van der Waals surface area contributed by atoms with Gasteiger partial charge in [0.15, 0.2) is 0 Å². The molecule has 0 amide bonds. The minimum absolute atomic E-state index is 0.244. The van der Waals surface area contributed by atoms with Crippen LogP contribution in [0.2, 0.25) is 0 Å². The van der Waals surface area contributed by atoms with Crippen molar-refractivity contribution in [1.29, 1.82) is 0 Å². The van der Waals surface area contributed by atoms with E-state index in [2.05, 4.69) is 21.4 Å². The van der Waals surface area contributed by atoms with Crippen LogP contribution < -0.4 is 0 Å². The second-order valence-electron chi connectivity index (χ2n) is 5.34. The normalized spacial score (nSPS) is 13.1. The number of carboxylic acids is 1. The lowest BCUT2D eigenvalue weighted by molar-refractivity contribution is 0.0699. The number of aromatic nitrogens is 2. The van der Waals surface area contributed by atoms with Gasteiger partial charge in [-0.15, -0.1) is 0 Å². The highest BCUT2D eigenvalue weighted by molar-refractivity contribution is 6.01. The van der Waals surface area contributed by atoms with E-state index in [-0.39, 0.29) is 11.6 Å². The number of hydrogen-bond donors (Lipinski definition) is 1. The summed E-state index contributed by atoms with van der Waals surface area (Å²) in [5.41, 5.74) is 1.76. The van der Waals surface area contributed by atoms with E-state index in [1.807, 2.05) is 27.1 Å². The summed E-state index contributed by atoms with van der Waals surface area (Å²) < 4.78 is 2.15. The first-order valence-corrected chi connectivity index (χ1v) is 6.83. The largest absolute Gasteiger partial charge is 0.478 e. The molecule has 0 saturated carbocycles. The summed E-state index contributed by atoms with van der Waals surface area (Å²) in [5, 5.41) is 9.28. The maximum absolute atomic E-state index is 11.3. The van der Waals surface area contributed by atoms with Crippen LogP contribution in [0.3, 0.4) is 0 Å². The van der Waals surface area contributed by atoms with Gasteiger partial charge in [0.05, 0.1) is 11.1 Å². The average molecular weight is 275 g/mol. The van der Waals surface area contributed by atoms with Gasteiger partial charge in [0.2, 0.25) is 0 Å². The molecular formula is C15H21N3O2. The van der Waals surface area contributed by atoms with Gasteiger partial charge in [-0.1, -0.05) is 13.0 Å². The van der Waals surface area contributed by atoms with Crippen molar-refractivity contribution in [2.75, 3.05) is 20.6 Å². The van der Waals surface area contributed by atoms with Crippen LogP contribution in [0.25, 0.3) is 11.0 Å². The number of likely N-dealkylation sites (N-methyl/N-ethyl adjacent to an activating group) is 1. The zero-order valence-electron chi connectivity index (χ0n) is 12.4. The van der Waals surface area contributed by atoms with Crippen LogP contribution in [0, 0.1) is 0 Å². The third-order valence-corrected chi connectivity index (χ3v) is 3.41. The number of para-hydroxylation sites is 1. The number of imidazole rings is 1. The second-order valence-corrected chi connectivity index (χ2v) is 5.34. The number of carboxylic acid groups (broad SMARTS) is 1. The third-order valence-electron chi connectivity index (χ3n) is 3.41. The number of hydrogen-bond acceptors (Lipinski definition) is 3. The molecule has 1 N–H and O–H groups in total. The Kier molecular flexibility index (Phi) is 4.09. The van der Waals surface area contributed by atoms with Crippen LogP contribution in [-0.2, 0) is 6.42 Å². The number of rotatable bonds is 5. The van der Waals surface area contributed by atoms with E-state index in [4.69, 9.17) is 0 Å². The average Bonchev–Trinajstić information content (AvgIpc) is 2.75. The van der Waals surface area contributed by atoms with E-state index in [0.29, 0.717) is 5.52 Å². The van der Waals surface area contributed by atoms with E-state index in [1.54, 1.807) is 12.1 Å². The summed E-state index contributed by atoms with van der Waals surface area (Å²) in [6.07, 6.45) is 0.783. The molecule has 1 aromatic heterocycles. The van der Waals surface area contributed by atoms with Crippen molar-refractivity contribution in [1.82, 2.24) is 14.5 Å². The molecule has 1 aromatic carbocycles. The fraction of sp³-hybridized carbons (Fsp3) is 0.467. The number of benzene rings is 1. The summed E-state index contributed by atoms with van der Waals surface area (Å²) in [7, 11) is 4.06. The number of nitrogens with zero attached hydrogens (tertiary/aromatic N) is 3. The number of fused-ring (bicyclic) bond motifs is 1. The molecule has 0 spiro atoms. The highest BCUT2D eigenvalue weighted by atomic mass is 16.4. The van der Waals surface area contributed by atoms with Gasteiger partial charge in [-0.25, -0.2) is 9.78 Å². The molecule has 2 aromatic rings. The number of aromatic carboxylic acids is 1. The molecule has 1 atom stereocenters. The van der Waals surface area contributed by atoms with Crippen molar-refractivity contribution in [2.24, 2.45) is 0 Å². The minimum Gasteiger partial charge on any atom is -0.478 e. The van der Waals surface area contributed by atoms with Crippen molar-refractivity contribution in [3.05, 3.63) is 29.6 Å². The van der Waals surface area contributed by atoms with E-state index < -0.39 is 5.97 Å². The quantitative estimate of drug-likeness (QED) is 0.910. The fourth-order valence-corrected chi connectivity index (χ4v) is 2.69. The number of aryl methyl sites for hydroxylation is 1. The summed E-state index contributed by atoms with van der Waals surface area (Å²) in [6, 6.07) is 5.58. The molecule has 0 bridgehead atoms. The molecule has 0 saturated heterocycles. The van der Waals surface area contributed by atoms with Crippen LogP contribution in [0.15, 0.2) is 18.2 Å². The zero-order valence-corrected chi connectivity index (χ0v) is 12.4. The molecule has 0 fully saturated rings. The van der Waals surface area contributed by atoms with E-state index in [9.17, 15) is 9.90 Å². The van der Waals surface area contributed by atoms with Crippen LogP contribution in [-0.4, -0.2) is 46.2 Å². The van der Waals surface area contributed by atoms with Gasteiger partial charge in [0, 0.05) is 19.0 Å². The maximum atomic E-state index is 11.3. The summed E-state index contributed by atoms with van der Waals surface area (Å²) >= 11 is 0. The van der Waals surface area contributed by atoms with E-state index >= 15 is 0 Å². The Labute approximate surface area is 118 Å². The first-order chi connectivity index (χ1) is 9.45. The molecule has 0 aliphatic carbocycles. The van der Waals surface area contributed by atoms with Gasteiger partial charge in [-0.05, 0) is 33.2 Å². The monoisotopic (exact) mass is 275 g/mol. The SMILES string of the molecule is CCc1nc2c(C(=O)O)cccc2n1C(C)CN(C)C. The molecule has 0 aliphatic rings. The van der Waals surface area contributed by atoms with Gasteiger partial charge in [-0.3, -0.25) is 0 Å². The molecule has 5 nitrogen and oxygen atoms in total. The molecule has 0 aliphatic heterocycles. The van der Waals surface area contributed by atoms with Gasteiger partial charge >= 0.3 is 5.97 Å². The van der Waals surface area contributed by atoms with Crippen molar-refractivity contribution in [3.8, 4) is 0 Å². The Morgan fingerprint density at radius 2 is 2.15 bits per heavy atom. The summed E-state index contributed by atoms with van der Waals surface area (Å²) in [4.78, 5) is 18.0. The lowest BCUT2D eigenvalue weighted by Gasteiger charge is -2.21. The van der Waals surface area contributed by atoms with E-state index in [0.717, 1.165) is 24.3 Å². The van der Waals surface area contributed by atoms with Crippen molar-refractivity contribution < 1.29 is 9.90 Å². The smallest absolute Gasteiger partial charge is 0.337 e. The predicted octanol–water partition coefficient (Wildman–Crippen LogP) is 2.42. The minimum atomic E-state index is -0.928. The molecule has 20 heavy (non-hydrogen) atoms. The highest BCUT2D eigenvalue weighted by Gasteiger charge is 2.19. The summed E-state index contributed by atoms with van der Waals surface area (Å²) in [6.45, 7) is 5.06. The predicted molar refractivity (Wildman–Crippen MR) is 79.3 cm³/mol. The Bertz CT molecular complexity index is 631. The van der Waals surface area contributed by atoms with Crippen molar-refractivity contribution >= 4 is 17.0 Å². The zero-order chi connectivity index (χ0) is 14.9. The fourth-order valence-electron chi connectivity index (χ4n) is 2.69. The first kappa shape index (κ1) is 14.5. The number of carbonyl (C=O) groups is 1. The Morgan fingerprint density at radius 3 is 2.70 bits per heavy atom. The Morgan fingerprint density at radius 1 is 1.45 bits per heavy atom. The van der Waals surface area contributed by atoms with Crippen LogP contribution in [0.1, 0.15) is 36.1 Å². The molecular weight excluding hydrogens is 254 g/mol. The van der Waals surface area contributed by atoms with Gasteiger partial charge in [0.25, 0.3) is 0 Å².